The van der Waals surface area contributed by atoms with Gasteiger partial charge < -0.3 is 49.8 Å². The van der Waals surface area contributed by atoms with Crippen LogP contribution in [0.25, 0.3) is 0 Å². The van der Waals surface area contributed by atoms with Gasteiger partial charge >= 0.3 is 0 Å². The highest BCUT2D eigenvalue weighted by Crippen LogP contribution is 2.31. The molecule has 0 saturated carbocycles. The minimum atomic E-state index is -1.62. The number of hydrogen-bond donors (Lipinski definition) is 6. The van der Waals surface area contributed by atoms with Crippen molar-refractivity contribution in [3.8, 4) is 0 Å². The quantitative estimate of drug-likeness (QED) is 0.179. The van der Waals surface area contributed by atoms with Gasteiger partial charge in [0.2, 0.25) is 5.91 Å². The molecule has 0 bridgehead atoms. The van der Waals surface area contributed by atoms with Crippen molar-refractivity contribution in [1.82, 2.24) is 5.32 Å². The van der Waals surface area contributed by atoms with E-state index in [4.69, 9.17) is 18.9 Å². The second-order valence-corrected chi connectivity index (χ2v) is 10.9. The van der Waals surface area contributed by atoms with E-state index in [1.54, 1.807) is 6.92 Å². The summed E-state index contributed by atoms with van der Waals surface area (Å²) in [6, 6.07) is 9.56. The molecule has 1 amide bonds. The van der Waals surface area contributed by atoms with Gasteiger partial charge in [-0.3, -0.25) is 4.79 Å². The van der Waals surface area contributed by atoms with Gasteiger partial charge in [-0.1, -0.05) is 69.4 Å². The molecule has 228 valence electrons. The summed E-state index contributed by atoms with van der Waals surface area (Å²) in [5.41, 5.74) is 0.968. The number of carbonyl (C=O) groups is 1. The lowest BCUT2D eigenvalue weighted by atomic mass is 9.97. The third-order valence-electron chi connectivity index (χ3n) is 7.59. The summed E-state index contributed by atoms with van der Waals surface area (Å²) in [7, 11) is 0. The van der Waals surface area contributed by atoms with Crippen molar-refractivity contribution < 1.29 is 49.3 Å². The van der Waals surface area contributed by atoms with E-state index in [0.717, 1.165) is 37.7 Å². The Labute approximate surface area is 236 Å². The third-order valence-corrected chi connectivity index (χ3v) is 7.59. The van der Waals surface area contributed by atoms with Crippen molar-refractivity contribution in [3.05, 3.63) is 35.9 Å². The average Bonchev–Trinajstić information content (AvgIpc) is 2.94. The van der Waals surface area contributed by atoms with Gasteiger partial charge in [-0.25, -0.2) is 0 Å². The fourth-order valence-electron chi connectivity index (χ4n) is 5.00. The lowest BCUT2D eigenvalue weighted by Gasteiger charge is -2.46. The van der Waals surface area contributed by atoms with Crippen LogP contribution < -0.4 is 5.32 Å². The first-order valence-electron chi connectivity index (χ1n) is 14.4. The Morgan fingerprint density at radius 2 is 1.48 bits per heavy atom. The summed E-state index contributed by atoms with van der Waals surface area (Å²) < 4.78 is 23.5. The topological polar surface area (TPSA) is 167 Å². The van der Waals surface area contributed by atoms with Gasteiger partial charge in [-0.15, -0.1) is 0 Å². The molecule has 1 aromatic rings. The maximum absolute atomic E-state index is 12.9. The van der Waals surface area contributed by atoms with Gasteiger partial charge in [-0.2, -0.15) is 0 Å². The van der Waals surface area contributed by atoms with Crippen LogP contribution in [0.1, 0.15) is 71.3 Å². The Balaban J connectivity index is 1.70. The van der Waals surface area contributed by atoms with Crippen molar-refractivity contribution in [2.24, 2.45) is 0 Å². The molecule has 11 nitrogen and oxygen atoms in total. The Morgan fingerprint density at radius 3 is 2.15 bits per heavy atom. The number of aliphatic hydroxyl groups is 5. The van der Waals surface area contributed by atoms with E-state index in [2.05, 4.69) is 12.2 Å². The number of benzene rings is 1. The van der Waals surface area contributed by atoms with Crippen molar-refractivity contribution in [3.63, 3.8) is 0 Å². The standard InChI is InChI=1S/C29H47NO10/c1-4-5-6-7-11-14-20(15-21(31)30-16-19-12-9-8-10-13-19)39-29-27(25(35)23(33)18(3)38-29)40-28-26(36)24(34)22(32)17(2)37-28/h8-10,12-13,17-18,20,22-29,32-36H,4-7,11,14-16H2,1-3H3,(H,30,31)/t17-,18+,20?,22?,23+,24-,25-,26-,27-,28+,29+/m1/s1. The molecule has 40 heavy (non-hydrogen) atoms. The van der Waals surface area contributed by atoms with Crippen LogP contribution in [-0.4, -0.2) is 99.0 Å². The van der Waals surface area contributed by atoms with Crippen LogP contribution in [0.5, 0.6) is 0 Å². The second-order valence-electron chi connectivity index (χ2n) is 10.9. The molecule has 0 radical (unpaired) electrons. The molecule has 2 heterocycles. The maximum Gasteiger partial charge on any atom is 0.222 e. The van der Waals surface area contributed by atoms with E-state index in [0.29, 0.717) is 13.0 Å². The lowest BCUT2D eigenvalue weighted by molar-refractivity contribution is -0.366. The zero-order valence-electron chi connectivity index (χ0n) is 23.7. The normalized spacial score (nSPS) is 35.3. The highest BCUT2D eigenvalue weighted by Gasteiger charge is 2.50. The smallest absolute Gasteiger partial charge is 0.222 e. The lowest BCUT2D eigenvalue weighted by Crippen LogP contribution is -2.63. The third kappa shape index (κ3) is 9.17. The molecule has 0 aromatic heterocycles. The van der Waals surface area contributed by atoms with E-state index in [-0.39, 0.29) is 12.3 Å². The predicted molar refractivity (Wildman–Crippen MR) is 145 cm³/mol. The van der Waals surface area contributed by atoms with Crippen LogP contribution in [0, 0.1) is 0 Å². The van der Waals surface area contributed by atoms with Gasteiger partial charge in [0.1, 0.15) is 36.6 Å². The van der Waals surface area contributed by atoms with Crippen molar-refractivity contribution in [2.45, 2.75) is 140 Å². The van der Waals surface area contributed by atoms with Crippen molar-refractivity contribution in [2.75, 3.05) is 0 Å². The summed E-state index contributed by atoms with van der Waals surface area (Å²) in [5, 5.41) is 55.0. The monoisotopic (exact) mass is 569 g/mol. The molecule has 6 N–H and O–H groups in total. The highest BCUT2D eigenvalue weighted by atomic mass is 16.8. The van der Waals surface area contributed by atoms with Crippen LogP contribution in [0.2, 0.25) is 0 Å². The molecule has 0 aliphatic carbocycles. The van der Waals surface area contributed by atoms with Gasteiger partial charge in [0.25, 0.3) is 0 Å². The molecular formula is C29H47NO10. The van der Waals surface area contributed by atoms with Gasteiger partial charge in [0.15, 0.2) is 12.6 Å². The number of nitrogens with one attached hydrogen (secondary N) is 1. The molecule has 0 spiro atoms. The number of amides is 1. The zero-order valence-corrected chi connectivity index (χ0v) is 23.7. The Hall–Kier alpha value is -1.67. The van der Waals surface area contributed by atoms with Gasteiger partial charge in [0.05, 0.1) is 24.7 Å². The minimum Gasteiger partial charge on any atom is -0.388 e. The zero-order chi connectivity index (χ0) is 29.2. The molecule has 1 aromatic carbocycles. The first-order valence-corrected chi connectivity index (χ1v) is 14.4. The van der Waals surface area contributed by atoms with Crippen molar-refractivity contribution in [1.29, 1.82) is 0 Å². The number of carbonyl (C=O) groups excluding carboxylic acids is 1. The average molecular weight is 570 g/mol. The van der Waals surface area contributed by atoms with E-state index < -0.39 is 67.5 Å². The fourth-order valence-corrected chi connectivity index (χ4v) is 5.00. The molecule has 2 aliphatic rings. The molecule has 2 fully saturated rings. The van der Waals surface area contributed by atoms with Crippen LogP contribution in [-0.2, 0) is 30.3 Å². The second kappa shape index (κ2) is 16.1. The molecule has 11 heteroatoms. The van der Waals surface area contributed by atoms with E-state index in [1.165, 1.54) is 6.92 Å². The minimum absolute atomic E-state index is 0.0463. The van der Waals surface area contributed by atoms with Gasteiger partial charge in [-0.05, 0) is 25.8 Å². The first-order chi connectivity index (χ1) is 19.1. The predicted octanol–water partition coefficient (Wildman–Crippen LogP) is 1.12. The van der Waals surface area contributed by atoms with Crippen LogP contribution in [0.3, 0.4) is 0 Å². The van der Waals surface area contributed by atoms with Crippen LogP contribution in [0.15, 0.2) is 30.3 Å². The van der Waals surface area contributed by atoms with Crippen molar-refractivity contribution >= 4 is 5.91 Å². The van der Waals surface area contributed by atoms with E-state index >= 15 is 0 Å². The summed E-state index contributed by atoms with van der Waals surface area (Å²) in [6.45, 7) is 5.61. The maximum atomic E-state index is 12.9. The SMILES string of the molecule is CCCCCCCC(CC(=O)NCc1ccccc1)O[C@@H]1O[C@@H](C)[C@H](O)[C@@H](O)[C@H]1O[C@@H]1O[C@H](C)C(O)[C@@H](O)[C@H]1O. The Bertz CT molecular complexity index is 876. The first kappa shape index (κ1) is 32.8. The summed E-state index contributed by atoms with van der Waals surface area (Å²) in [5.74, 6) is -0.207. The number of unbranched alkanes of at least 4 members (excludes halogenated alkanes) is 4. The summed E-state index contributed by atoms with van der Waals surface area (Å²) in [6.07, 6.45) is -7.76. The van der Waals surface area contributed by atoms with Crippen LogP contribution >= 0.6 is 0 Å². The fraction of sp³-hybridized carbons (Fsp3) is 0.759. The number of rotatable bonds is 14. The summed E-state index contributed by atoms with van der Waals surface area (Å²) in [4.78, 5) is 12.9. The largest absolute Gasteiger partial charge is 0.388 e. The Morgan fingerprint density at radius 1 is 0.850 bits per heavy atom. The van der Waals surface area contributed by atoms with E-state index in [1.807, 2.05) is 30.3 Å². The molecule has 2 aliphatic heterocycles. The summed E-state index contributed by atoms with van der Waals surface area (Å²) >= 11 is 0. The van der Waals surface area contributed by atoms with Gasteiger partial charge in [0, 0.05) is 6.54 Å². The molecule has 2 unspecified atom stereocenters. The molecular weight excluding hydrogens is 522 g/mol. The number of aliphatic hydroxyl groups excluding tert-OH is 5. The van der Waals surface area contributed by atoms with E-state index in [9.17, 15) is 30.3 Å². The molecule has 2 saturated heterocycles. The number of hydrogen-bond acceptors (Lipinski definition) is 10. The molecule has 3 rings (SSSR count). The Kier molecular flexibility index (Phi) is 13.2. The number of ether oxygens (including phenoxy) is 4. The van der Waals surface area contributed by atoms with Crippen LogP contribution in [0.4, 0.5) is 0 Å². The molecule has 11 atom stereocenters. The highest BCUT2D eigenvalue weighted by molar-refractivity contribution is 5.76.